The van der Waals surface area contributed by atoms with Gasteiger partial charge in [0, 0.05) is 10.6 Å². The number of hydrogen-bond acceptors (Lipinski definition) is 2. The summed E-state index contributed by atoms with van der Waals surface area (Å²) in [6.45, 7) is 0. The lowest BCUT2D eigenvalue weighted by atomic mass is 10.2. The Hall–Kier alpha value is -1.14. The van der Waals surface area contributed by atoms with Gasteiger partial charge in [0.15, 0.2) is 0 Å². The monoisotopic (exact) mass is 358 g/mol. The third kappa shape index (κ3) is 3.41. The minimum Gasteiger partial charge on any atom is -0.307 e. The van der Waals surface area contributed by atoms with Crippen molar-refractivity contribution in [2.45, 2.75) is 0 Å². The Balaban J connectivity index is 2.14. The number of amides is 1. The number of aromatic nitrogens is 1. The maximum absolute atomic E-state index is 11.8. The smallest absolute Gasteiger partial charge is 0.256 e. The summed E-state index contributed by atoms with van der Waals surface area (Å²) >= 11 is 7.84. The van der Waals surface area contributed by atoms with E-state index >= 15 is 0 Å². The molecule has 1 N–H and O–H groups in total. The van der Waals surface area contributed by atoms with Gasteiger partial charge >= 0.3 is 0 Å². The maximum Gasteiger partial charge on any atom is 0.256 e. The van der Waals surface area contributed by atoms with Crippen LogP contribution in [0, 0.1) is 3.70 Å². The van der Waals surface area contributed by atoms with E-state index in [1.54, 1.807) is 30.3 Å². The Bertz CT molecular complexity index is 542. The number of carbonyl (C=O) groups excluding carboxylic acids is 1. The first kappa shape index (κ1) is 12.3. The van der Waals surface area contributed by atoms with Crippen LogP contribution in [0.25, 0.3) is 0 Å². The van der Waals surface area contributed by atoms with E-state index in [0.717, 1.165) is 3.70 Å². The molecule has 17 heavy (non-hydrogen) atoms. The highest BCUT2D eigenvalue weighted by molar-refractivity contribution is 14.1. The van der Waals surface area contributed by atoms with Gasteiger partial charge < -0.3 is 5.32 Å². The van der Waals surface area contributed by atoms with Crippen LogP contribution in [-0.4, -0.2) is 10.9 Å². The predicted octanol–water partition coefficient (Wildman–Crippen LogP) is 3.59. The van der Waals surface area contributed by atoms with Crippen LogP contribution >= 0.6 is 34.2 Å². The minimum atomic E-state index is -0.198. The SMILES string of the molecule is O=C(Nc1cccc(I)n1)c1ccc(Cl)cc1. The zero-order valence-corrected chi connectivity index (χ0v) is 11.6. The van der Waals surface area contributed by atoms with Crippen molar-refractivity contribution in [2.24, 2.45) is 0 Å². The van der Waals surface area contributed by atoms with E-state index < -0.39 is 0 Å². The number of nitrogens with zero attached hydrogens (tertiary/aromatic N) is 1. The van der Waals surface area contributed by atoms with Crippen LogP contribution in [0.2, 0.25) is 5.02 Å². The second kappa shape index (κ2) is 5.46. The van der Waals surface area contributed by atoms with Crippen LogP contribution in [0.3, 0.4) is 0 Å². The number of carbonyl (C=O) groups is 1. The standard InChI is InChI=1S/C12H8ClIN2O/c13-9-6-4-8(5-7-9)12(17)16-11-3-1-2-10(14)15-11/h1-7H,(H,15,16,17). The molecule has 5 heteroatoms. The first-order valence-corrected chi connectivity index (χ1v) is 6.30. The van der Waals surface area contributed by atoms with Crippen molar-refractivity contribution in [3.8, 4) is 0 Å². The summed E-state index contributed by atoms with van der Waals surface area (Å²) in [5.74, 6) is 0.341. The van der Waals surface area contributed by atoms with Crippen LogP contribution in [0.5, 0.6) is 0 Å². The highest BCUT2D eigenvalue weighted by Crippen LogP contribution is 2.12. The second-order valence-electron chi connectivity index (χ2n) is 3.31. The zero-order chi connectivity index (χ0) is 12.3. The van der Waals surface area contributed by atoms with E-state index in [-0.39, 0.29) is 5.91 Å². The van der Waals surface area contributed by atoms with E-state index in [0.29, 0.717) is 16.4 Å². The summed E-state index contributed by atoms with van der Waals surface area (Å²) < 4.78 is 0.830. The highest BCUT2D eigenvalue weighted by Gasteiger charge is 2.06. The lowest BCUT2D eigenvalue weighted by Gasteiger charge is -2.04. The Morgan fingerprint density at radius 1 is 1.18 bits per heavy atom. The number of benzene rings is 1. The average Bonchev–Trinajstić information content (AvgIpc) is 2.29. The molecule has 0 aliphatic heterocycles. The molecule has 86 valence electrons. The average molecular weight is 359 g/mol. The van der Waals surface area contributed by atoms with Crippen molar-refractivity contribution < 1.29 is 4.79 Å². The lowest BCUT2D eigenvalue weighted by molar-refractivity contribution is 0.102. The van der Waals surface area contributed by atoms with Crippen LogP contribution in [0.15, 0.2) is 42.5 Å². The first-order valence-electron chi connectivity index (χ1n) is 4.84. The van der Waals surface area contributed by atoms with Gasteiger partial charge in [-0.1, -0.05) is 17.7 Å². The molecule has 2 rings (SSSR count). The van der Waals surface area contributed by atoms with Gasteiger partial charge in [0.1, 0.15) is 9.52 Å². The molecule has 0 radical (unpaired) electrons. The molecular weight excluding hydrogens is 351 g/mol. The molecule has 3 nitrogen and oxygen atoms in total. The van der Waals surface area contributed by atoms with Gasteiger partial charge in [0.05, 0.1) is 0 Å². The summed E-state index contributed by atoms with van der Waals surface area (Å²) in [5.41, 5.74) is 0.551. The fourth-order valence-electron chi connectivity index (χ4n) is 1.27. The van der Waals surface area contributed by atoms with Crippen LogP contribution in [0.1, 0.15) is 10.4 Å². The van der Waals surface area contributed by atoms with Gasteiger partial charge in [-0.15, -0.1) is 0 Å². The third-order valence-corrected chi connectivity index (χ3v) is 2.92. The van der Waals surface area contributed by atoms with Gasteiger partial charge in [-0.05, 0) is 59.0 Å². The molecule has 0 saturated carbocycles. The van der Waals surface area contributed by atoms with Crippen LogP contribution in [-0.2, 0) is 0 Å². The highest BCUT2D eigenvalue weighted by atomic mass is 127. The maximum atomic E-state index is 11.8. The lowest BCUT2D eigenvalue weighted by Crippen LogP contribution is -2.12. The number of pyridine rings is 1. The van der Waals surface area contributed by atoms with E-state index in [4.69, 9.17) is 11.6 Å². The van der Waals surface area contributed by atoms with Crippen LogP contribution < -0.4 is 5.32 Å². The molecule has 0 aliphatic carbocycles. The van der Waals surface area contributed by atoms with E-state index in [1.165, 1.54) is 0 Å². The molecule has 2 aromatic rings. The van der Waals surface area contributed by atoms with Gasteiger partial charge in [0.2, 0.25) is 0 Å². The van der Waals surface area contributed by atoms with Crippen molar-refractivity contribution in [3.63, 3.8) is 0 Å². The number of hydrogen-bond donors (Lipinski definition) is 1. The summed E-state index contributed by atoms with van der Waals surface area (Å²) in [6.07, 6.45) is 0. The van der Waals surface area contributed by atoms with Crippen molar-refractivity contribution in [2.75, 3.05) is 5.32 Å². The molecule has 0 atom stereocenters. The van der Waals surface area contributed by atoms with Crippen molar-refractivity contribution in [1.82, 2.24) is 4.98 Å². The molecule has 0 unspecified atom stereocenters. The fraction of sp³-hybridized carbons (Fsp3) is 0. The van der Waals surface area contributed by atoms with E-state index in [1.807, 2.05) is 12.1 Å². The Morgan fingerprint density at radius 2 is 1.88 bits per heavy atom. The summed E-state index contributed by atoms with van der Waals surface area (Å²) in [4.78, 5) is 16.0. The Kier molecular flexibility index (Phi) is 3.96. The molecule has 1 aromatic carbocycles. The van der Waals surface area contributed by atoms with E-state index in [9.17, 15) is 4.79 Å². The molecule has 0 bridgehead atoms. The molecule has 0 fully saturated rings. The number of rotatable bonds is 2. The Morgan fingerprint density at radius 3 is 2.53 bits per heavy atom. The molecule has 0 saturated heterocycles. The summed E-state index contributed by atoms with van der Waals surface area (Å²) in [5, 5.41) is 3.33. The summed E-state index contributed by atoms with van der Waals surface area (Å²) in [7, 11) is 0. The fourth-order valence-corrected chi connectivity index (χ4v) is 1.86. The predicted molar refractivity (Wildman–Crippen MR) is 76.4 cm³/mol. The normalized spacial score (nSPS) is 10.0. The van der Waals surface area contributed by atoms with Crippen LogP contribution in [0.4, 0.5) is 5.82 Å². The van der Waals surface area contributed by atoms with Crippen molar-refractivity contribution in [1.29, 1.82) is 0 Å². The Labute approximate surface area is 117 Å². The molecule has 1 amide bonds. The number of anilines is 1. The third-order valence-electron chi connectivity index (χ3n) is 2.06. The van der Waals surface area contributed by atoms with Gasteiger partial charge in [0.25, 0.3) is 5.91 Å². The first-order chi connectivity index (χ1) is 8.15. The molecule has 0 spiro atoms. The number of halogens is 2. The molecular formula is C12H8ClIN2O. The molecule has 0 aliphatic rings. The number of nitrogens with one attached hydrogen (secondary N) is 1. The largest absolute Gasteiger partial charge is 0.307 e. The second-order valence-corrected chi connectivity index (χ2v) is 4.85. The van der Waals surface area contributed by atoms with E-state index in [2.05, 4.69) is 32.9 Å². The van der Waals surface area contributed by atoms with Gasteiger partial charge in [-0.3, -0.25) is 4.79 Å². The van der Waals surface area contributed by atoms with Crippen molar-refractivity contribution in [3.05, 3.63) is 56.8 Å². The topological polar surface area (TPSA) is 42.0 Å². The van der Waals surface area contributed by atoms with Crippen molar-refractivity contribution >= 4 is 45.9 Å². The summed E-state index contributed by atoms with van der Waals surface area (Å²) in [6, 6.07) is 12.1. The zero-order valence-electron chi connectivity index (χ0n) is 8.65. The molecule has 1 heterocycles. The quantitative estimate of drug-likeness (QED) is 0.658. The van der Waals surface area contributed by atoms with Gasteiger partial charge in [-0.2, -0.15) is 0 Å². The minimum absolute atomic E-state index is 0.198. The molecule has 1 aromatic heterocycles. The van der Waals surface area contributed by atoms with Gasteiger partial charge in [-0.25, -0.2) is 4.98 Å².